The number of imidazole rings is 1. The zero-order valence-electron chi connectivity index (χ0n) is 23.7. The second kappa shape index (κ2) is 9.18. The van der Waals surface area contributed by atoms with Gasteiger partial charge in [-0.25, -0.2) is 18.4 Å². The van der Waals surface area contributed by atoms with Crippen LogP contribution in [-0.4, -0.2) is 76.9 Å². The van der Waals surface area contributed by atoms with Crippen molar-refractivity contribution in [1.82, 2.24) is 24.0 Å². The van der Waals surface area contributed by atoms with Crippen LogP contribution >= 0.6 is 0 Å². The molecule has 2 saturated heterocycles. The smallest absolute Gasteiger partial charge is 0.254 e. The van der Waals surface area contributed by atoms with Gasteiger partial charge in [0.1, 0.15) is 22.7 Å². The number of aromatic nitrogens is 4. The molecule has 216 valence electrons. The molecule has 2 aliphatic heterocycles. The first kappa shape index (κ1) is 26.3. The molecule has 11 nitrogen and oxygen atoms in total. The summed E-state index contributed by atoms with van der Waals surface area (Å²) in [5, 5.41) is 0.905. The molecule has 1 saturated carbocycles. The van der Waals surface area contributed by atoms with Crippen LogP contribution in [0.15, 0.2) is 30.3 Å². The highest BCUT2D eigenvalue weighted by Crippen LogP contribution is 2.40. The Bertz CT molecular complexity index is 1820. The van der Waals surface area contributed by atoms with Crippen molar-refractivity contribution in [3.05, 3.63) is 35.9 Å². The van der Waals surface area contributed by atoms with Gasteiger partial charge in [0.25, 0.3) is 5.91 Å². The molecule has 2 N–H and O–H groups in total. The number of sulfonamides is 1. The van der Waals surface area contributed by atoms with Crippen molar-refractivity contribution in [2.24, 2.45) is 18.7 Å². The molecule has 0 radical (unpaired) electrons. The van der Waals surface area contributed by atoms with Gasteiger partial charge in [-0.15, -0.1) is 0 Å². The van der Waals surface area contributed by atoms with Crippen LogP contribution in [0.4, 0.5) is 5.82 Å². The van der Waals surface area contributed by atoms with E-state index >= 15 is 0 Å². The number of hydrogen-bond donors (Lipinski definition) is 1. The maximum Gasteiger partial charge on any atom is 0.254 e. The molecule has 3 aromatic heterocycles. The van der Waals surface area contributed by atoms with E-state index in [0.717, 1.165) is 66.7 Å². The minimum Gasteiger partial charge on any atom is -0.494 e. The number of nitrogens with zero attached hydrogens (tertiary/aromatic N) is 6. The van der Waals surface area contributed by atoms with Crippen LogP contribution in [0.2, 0.25) is 0 Å². The average molecular weight is 578 g/mol. The monoisotopic (exact) mass is 577 g/mol. The maximum atomic E-state index is 13.7. The van der Waals surface area contributed by atoms with E-state index in [1.807, 2.05) is 34.7 Å². The predicted molar refractivity (Wildman–Crippen MR) is 158 cm³/mol. The summed E-state index contributed by atoms with van der Waals surface area (Å²) >= 11 is 0. The number of fused-ring (bicyclic) bond motifs is 4. The van der Waals surface area contributed by atoms with Gasteiger partial charge in [0.2, 0.25) is 10.0 Å². The zero-order valence-corrected chi connectivity index (χ0v) is 24.6. The molecule has 3 fully saturated rings. The fourth-order valence-corrected chi connectivity index (χ4v) is 7.15. The normalized spacial score (nSPS) is 22.3. The van der Waals surface area contributed by atoms with Gasteiger partial charge in [0.05, 0.1) is 24.6 Å². The molecule has 7 rings (SSSR count). The molecule has 3 aliphatic rings. The first-order chi connectivity index (χ1) is 19.5. The minimum absolute atomic E-state index is 0.0209. The van der Waals surface area contributed by atoms with Crippen LogP contribution in [0.5, 0.6) is 5.75 Å². The lowest BCUT2D eigenvalue weighted by Gasteiger charge is -2.23. The van der Waals surface area contributed by atoms with Gasteiger partial charge >= 0.3 is 0 Å². The summed E-state index contributed by atoms with van der Waals surface area (Å²) in [5.74, 6) is 2.20. The van der Waals surface area contributed by atoms with Crippen LogP contribution in [-0.2, 0) is 23.6 Å². The standard InChI is InChI=1S/C29H35N7O4S/c1-33-26-21(11-18(13-24(26)40-3)29(37)36-19-8-9-22(36)20(30)14-19)31-28(33)23-12-17-7-10-25(34(2)41(4,38)39)32-27(17)35(23)15-16-5-6-16/h7,10-13,16,19-20,22H,5-6,8-9,14-15,30H2,1-4H3/t19-,20+,22+/m0/s1. The molecular weight excluding hydrogens is 542 g/mol. The summed E-state index contributed by atoms with van der Waals surface area (Å²) in [6, 6.07) is 9.67. The number of benzene rings is 1. The van der Waals surface area contributed by atoms with Crippen LogP contribution in [0.25, 0.3) is 33.6 Å². The van der Waals surface area contributed by atoms with E-state index < -0.39 is 10.0 Å². The first-order valence-electron chi connectivity index (χ1n) is 14.1. The highest BCUT2D eigenvalue weighted by molar-refractivity contribution is 7.92. The third-order valence-corrected chi connectivity index (χ3v) is 10.3. The van der Waals surface area contributed by atoms with Crippen LogP contribution < -0.4 is 14.8 Å². The number of methoxy groups -OCH3 is 1. The fourth-order valence-electron chi connectivity index (χ4n) is 6.71. The molecule has 2 bridgehead atoms. The third-order valence-electron chi connectivity index (χ3n) is 9.14. The van der Waals surface area contributed by atoms with Crippen molar-refractivity contribution < 1.29 is 17.9 Å². The molecule has 0 spiro atoms. The molecule has 1 aromatic carbocycles. The molecule has 0 unspecified atom stereocenters. The second-order valence-electron chi connectivity index (χ2n) is 11.8. The quantitative estimate of drug-likeness (QED) is 0.357. The van der Waals surface area contributed by atoms with Crippen molar-refractivity contribution in [3.63, 3.8) is 0 Å². The third kappa shape index (κ3) is 4.18. The Labute approximate surface area is 238 Å². The SMILES string of the molecule is COc1cc(C(=O)N2[C@H]3CC[C@@H]2[C@H](N)C3)cc2nc(-c3cc4ccc(N(C)S(C)(=O)=O)nc4n3CC3CC3)n(C)c12. The Morgan fingerprint density at radius 2 is 1.93 bits per heavy atom. The highest BCUT2D eigenvalue weighted by Gasteiger charge is 2.47. The van der Waals surface area contributed by atoms with E-state index in [4.69, 9.17) is 20.4 Å². The Balaban J connectivity index is 1.35. The summed E-state index contributed by atoms with van der Waals surface area (Å²) in [5.41, 5.74) is 9.95. The maximum absolute atomic E-state index is 13.7. The number of anilines is 1. The van der Waals surface area contributed by atoms with Crippen molar-refractivity contribution in [1.29, 1.82) is 0 Å². The Morgan fingerprint density at radius 1 is 1.15 bits per heavy atom. The van der Waals surface area contributed by atoms with E-state index in [0.29, 0.717) is 28.6 Å². The lowest BCUT2D eigenvalue weighted by molar-refractivity contribution is 0.0726. The summed E-state index contributed by atoms with van der Waals surface area (Å²) in [6.45, 7) is 0.764. The van der Waals surface area contributed by atoms with Gasteiger partial charge in [-0.05, 0) is 68.4 Å². The fraction of sp³-hybridized carbons (Fsp3) is 0.483. The van der Waals surface area contributed by atoms with Crippen molar-refractivity contribution in [2.75, 3.05) is 24.7 Å². The summed E-state index contributed by atoms with van der Waals surface area (Å²) in [4.78, 5) is 25.5. The Hall–Kier alpha value is -3.64. The summed E-state index contributed by atoms with van der Waals surface area (Å²) in [6.07, 6.45) is 6.26. The van der Waals surface area contributed by atoms with Crippen molar-refractivity contribution in [2.45, 2.75) is 56.8 Å². The Kier molecular flexibility index (Phi) is 5.88. The predicted octanol–water partition coefficient (Wildman–Crippen LogP) is 3.11. The number of aryl methyl sites for hydroxylation is 1. The lowest BCUT2D eigenvalue weighted by Crippen LogP contribution is -2.40. The molecule has 1 aliphatic carbocycles. The number of carbonyl (C=O) groups is 1. The van der Waals surface area contributed by atoms with E-state index in [-0.39, 0.29) is 24.0 Å². The minimum atomic E-state index is -3.46. The van der Waals surface area contributed by atoms with Crippen molar-refractivity contribution in [3.8, 4) is 17.3 Å². The lowest BCUT2D eigenvalue weighted by atomic mass is 9.97. The first-order valence-corrected chi connectivity index (χ1v) is 16.0. The van der Waals surface area contributed by atoms with Gasteiger partial charge in [-0.2, -0.15) is 0 Å². The molecule has 12 heteroatoms. The van der Waals surface area contributed by atoms with Gasteiger partial charge in [0, 0.05) is 49.7 Å². The number of nitrogens with two attached hydrogens (primary N) is 1. The van der Waals surface area contributed by atoms with E-state index in [9.17, 15) is 13.2 Å². The number of carbonyl (C=O) groups excluding carboxylic acids is 1. The number of amides is 1. The highest BCUT2D eigenvalue weighted by atomic mass is 32.2. The van der Waals surface area contributed by atoms with Gasteiger partial charge in [-0.1, -0.05) is 0 Å². The largest absolute Gasteiger partial charge is 0.494 e. The molecule has 4 aromatic rings. The number of pyridine rings is 1. The summed E-state index contributed by atoms with van der Waals surface area (Å²) < 4.78 is 35.6. The van der Waals surface area contributed by atoms with Crippen LogP contribution in [0.1, 0.15) is 42.5 Å². The van der Waals surface area contributed by atoms with Crippen molar-refractivity contribution >= 4 is 43.8 Å². The van der Waals surface area contributed by atoms with E-state index in [1.165, 1.54) is 17.6 Å². The topological polar surface area (TPSA) is 129 Å². The average Bonchev–Trinajstić information content (AvgIpc) is 3.27. The molecule has 5 heterocycles. The Morgan fingerprint density at radius 3 is 2.56 bits per heavy atom. The summed E-state index contributed by atoms with van der Waals surface area (Å²) in [7, 11) is 1.61. The van der Waals surface area contributed by atoms with Crippen LogP contribution in [0.3, 0.4) is 0 Å². The second-order valence-corrected chi connectivity index (χ2v) is 13.9. The van der Waals surface area contributed by atoms with E-state index in [1.54, 1.807) is 13.2 Å². The number of rotatable bonds is 7. The van der Waals surface area contributed by atoms with Gasteiger partial charge < -0.3 is 24.5 Å². The van der Waals surface area contributed by atoms with Gasteiger partial charge in [0.15, 0.2) is 5.82 Å². The molecule has 1 amide bonds. The molecular formula is C29H35N7O4S. The van der Waals surface area contributed by atoms with E-state index in [2.05, 4.69) is 10.6 Å². The van der Waals surface area contributed by atoms with Gasteiger partial charge in [-0.3, -0.25) is 9.10 Å². The zero-order chi connectivity index (χ0) is 28.8. The molecule has 3 atom stereocenters. The number of hydrogen-bond acceptors (Lipinski definition) is 7. The van der Waals surface area contributed by atoms with Crippen LogP contribution in [0, 0.1) is 5.92 Å². The number of ether oxygens (including phenoxy) is 1. The molecule has 41 heavy (non-hydrogen) atoms.